The number of hydrogen-bond acceptors (Lipinski definition) is 4. The third-order valence-corrected chi connectivity index (χ3v) is 4.44. The minimum Gasteiger partial charge on any atom is -0.459 e. The second-order valence-corrected chi connectivity index (χ2v) is 6.91. The van der Waals surface area contributed by atoms with Gasteiger partial charge in [0, 0.05) is 0 Å². The zero-order chi connectivity index (χ0) is 15.0. The van der Waals surface area contributed by atoms with E-state index >= 15 is 0 Å². The van der Waals surface area contributed by atoms with E-state index in [2.05, 4.69) is 36.8 Å². The molecule has 1 aromatic rings. The van der Waals surface area contributed by atoms with E-state index in [1.165, 1.54) is 0 Å². The van der Waals surface area contributed by atoms with Crippen molar-refractivity contribution in [3.05, 3.63) is 15.0 Å². The van der Waals surface area contributed by atoms with Crippen LogP contribution in [0.1, 0.15) is 39.6 Å². The molecule has 1 rings (SSSR count). The second-order valence-electron chi connectivity index (χ2n) is 5.41. The average molecular weight is 397 g/mol. The van der Waals surface area contributed by atoms with Gasteiger partial charge in [-0.05, 0) is 66.5 Å². The lowest BCUT2D eigenvalue weighted by Gasteiger charge is -2.26. The number of rotatable bonds is 3. The number of hydrogen-bond donors (Lipinski definition) is 1. The van der Waals surface area contributed by atoms with Crippen LogP contribution in [0.2, 0.25) is 0 Å². The number of imidazole rings is 1. The molecule has 1 aromatic heterocycles. The van der Waals surface area contributed by atoms with Gasteiger partial charge < -0.3 is 15.0 Å². The topological polar surface area (TPSA) is 70.1 Å². The van der Waals surface area contributed by atoms with Gasteiger partial charge >= 0.3 is 5.97 Å². The van der Waals surface area contributed by atoms with Gasteiger partial charge in [-0.3, -0.25) is 4.79 Å². The van der Waals surface area contributed by atoms with E-state index in [9.17, 15) is 4.79 Å². The Morgan fingerprint density at radius 1 is 1.42 bits per heavy atom. The molecule has 1 heterocycles. The molecule has 2 atom stereocenters. The summed E-state index contributed by atoms with van der Waals surface area (Å²) in [5.41, 5.74) is 5.44. The fraction of sp³-hybridized carbons (Fsp3) is 0.667. The van der Waals surface area contributed by atoms with E-state index in [1.807, 2.05) is 39.2 Å². The summed E-state index contributed by atoms with van der Waals surface area (Å²) in [6.07, 6.45) is 0. The van der Waals surface area contributed by atoms with Gasteiger partial charge in [0.1, 0.15) is 26.7 Å². The maximum Gasteiger partial charge on any atom is 0.325 e. The lowest BCUT2D eigenvalue weighted by Crippen LogP contribution is -2.42. The Morgan fingerprint density at radius 2 is 1.95 bits per heavy atom. The van der Waals surface area contributed by atoms with Crippen LogP contribution in [-0.2, 0) is 9.53 Å². The molecule has 0 saturated heterocycles. The monoisotopic (exact) mass is 395 g/mol. The largest absolute Gasteiger partial charge is 0.459 e. The molecule has 0 aliphatic carbocycles. The SMILES string of the molecule is Cc1nc(Br)c(Br)n1C(C)C(N)C(=O)OC(C)(C)C. The van der Waals surface area contributed by atoms with E-state index < -0.39 is 17.6 Å². The Kier molecular flexibility index (Phi) is 5.20. The average Bonchev–Trinajstić information content (AvgIpc) is 2.49. The smallest absolute Gasteiger partial charge is 0.325 e. The molecule has 0 fully saturated rings. The molecule has 2 N–H and O–H groups in total. The van der Waals surface area contributed by atoms with E-state index in [4.69, 9.17) is 10.5 Å². The number of carbonyl (C=O) groups is 1. The number of carbonyl (C=O) groups excluding carboxylic acids is 1. The molecule has 108 valence electrons. The minimum absolute atomic E-state index is 0.261. The van der Waals surface area contributed by atoms with Crippen molar-refractivity contribution in [2.75, 3.05) is 0 Å². The normalized spacial score (nSPS) is 15.2. The molecular weight excluding hydrogens is 378 g/mol. The van der Waals surface area contributed by atoms with Gasteiger partial charge in [-0.2, -0.15) is 0 Å². The van der Waals surface area contributed by atoms with E-state index in [0.29, 0.717) is 4.60 Å². The molecule has 0 amide bonds. The van der Waals surface area contributed by atoms with Crippen molar-refractivity contribution in [1.29, 1.82) is 0 Å². The molecule has 2 unspecified atom stereocenters. The maximum absolute atomic E-state index is 12.0. The standard InChI is InChI=1S/C12H19Br2N3O2/c1-6(8(15)11(18)19-12(3,4)5)17-7(2)16-9(13)10(17)14/h6,8H,15H2,1-5H3. The second kappa shape index (κ2) is 5.93. The van der Waals surface area contributed by atoms with Gasteiger partial charge in [-0.1, -0.05) is 0 Å². The first-order valence-electron chi connectivity index (χ1n) is 5.93. The zero-order valence-corrected chi connectivity index (χ0v) is 14.9. The molecule has 0 aliphatic rings. The molecule has 0 spiro atoms. The first kappa shape index (κ1) is 16.7. The molecule has 0 aromatic carbocycles. The number of aromatic nitrogens is 2. The number of ether oxygens (including phenoxy) is 1. The third-order valence-electron chi connectivity index (χ3n) is 2.60. The Bertz CT molecular complexity index is 480. The van der Waals surface area contributed by atoms with Crippen molar-refractivity contribution in [2.24, 2.45) is 5.73 Å². The van der Waals surface area contributed by atoms with Gasteiger partial charge in [0.15, 0.2) is 0 Å². The molecule has 0 aliphatic heterocycles. The highest BCUT2D eigenvalue weighted by atomic mass is 79.9. The lowest BCUT2D eigenvalue weighted by atomic mass is 10.1. The number of esters is 1. The number of nitrogens with zero attached hydrogens (tertiary/aromatic N) is 2. The minimum atomic E-state index is -0.754. The Labute approximate surface area is 130 Å². The molecular formula is C12H19Br2N3O2. The van der Waals surface area contributed by atoms with Gasteiger partial charge in [0.25, 0.3) is 0 Å². The molecule has 0 saturated carbocycles. The van der Waals surface area contributed by atoms with Crippen molar-refractivity contribution in [3.8, 4) is 0 Å². The highest BCUT2D eigenvalue weighted by Crippen LogP contribution is 2.28. The van der Waals surface area contributed by atoms with Crippen LogP contribution in [0.15, 0.2) is 9.21 Å². The van der Waals surface area contributed by atoms with E-state index in [0.717, 1.165) is 10.4 Å². The molecule has 19 heavy (non-hydrogen) atoms. The summed E-state index contributed by atoms with van der Waals surface area (Å²) in [6.45, 7) is 9.17. The fourth-order valence-corrected chi connectivity index (χ4v) is 2.80. The van der Waals surface area contributed by atoms with Crippen LogP contribution in [0.3, 0.4) is 0 Å². The van der Waals surface area contributed by atoms with Gasteiger partial charge in [-0.15, -0.1) is 0 Å². The summed E-state index contributed by atoms with van der Waals surface area (Å²) >= 11 is 6.76. The predicted molar refractivity (Wildman–Crippen MR) is 80.9 cm³/mol. The number of halogens is 2. The molecule has 0 radical (unpaired) electrons. The van der Waals surface area contributed by atoms with Crippen molar-refractivity contribution < 1.29 is 9.53 Å². The Hall–Kier alpha value is -0.400. The van der Waals surface area contributed by atoms with E-state index in [1.54, 1.807) is 0 Å². The molecule has 0 bridgehead atoms. The first-order valence-corrected chi connectivity index (χ1v) is 7.51. The zero-order valence-electron chi connectivity index (χ0n) is 11.7. The van der Waals surface area contributed by atoms with Crippen LogP contribution in [0, 0.1) is 6.92 Å². The highest BCUT2D eigenvalue weighted by molar-refractivity contribution is 9.13. The summed E-state index contributed by atoms with van der Waals surface area (Å²) < 4.78 is 8.61. The van der Waals surface area contributed by atoms with Gasteiger partial charge in [0.05, 0.1) is 6.04 Å². The van der Waals surface area contributed by atoms with Crippen molar-refractivity contribution >= 4 is 37.8 Å². The Balaban J connectivity index is 2.94. The first-order chi connectivity index (χ1) is 8.54. The Morgan fingerprint density at radius 3 is 2.32 bits per heavy atom. The summed E-state index contributed by atoms with van der Waals surface area (Å²) in [5, 5.41) is 0. The lowest BCUT2D eigenvalue weighted by molar-refractivity contribution is -0.157. The van der Waals surface area contributed by atoms with Crippen LogP contribution in [0.5, 0.6) is 0 Å². The fourth-order valence-electron chi connectivity index (χ4n) is 1.68. The molecule has 5 nitrogen and oxygen atoms in total. The van der Waals surface area contributed by atoms with Crippen LogP contribution in [-0.4, -0.2) is 27.2 Å². The van der Waals surface area contributed by atoms with Crippen LogP contribution in [0.25, 0.3) is 0 Å². The van der Waals surface area contributed by atoms with Crippen molar-refractivity contribution in [1.82, 2.24) is 9.55 Å². The maximum atomic E-state index is 12.0. The van der Waals surface area contributed by atoms with Crippen LogP contribution >= 0.6 is 31.9 Å². The van der Waals surface area contributed by atoms with Crippen LogP contribution in [0.4, 0.5) is 0 Å². The predicted octanol–water partition coefficient (Wildman–Crippen LogP) is 2.95. The quantitative estimate of drug-likeness (QED) is 0.797. The summed E-state index contributed by atoms with van der Waals surface area (Å²) in [7, 11) is 0. The summed E-state index contributed by atoms with van der Waals surface area (Å²) in [5.74, 6) is 0.349. The van der Waals surface area contributed by atoms with Crippen LogP contribution < -0.4 is 5.73 Å². The van der Waals surface area contributed by atoms with Crippen molar-refractivity contribution in [3.63, 3.8) is 0 Å². The third kappa shape index (κ3) is 4.03. The summed E-state index contributed by atoms with van der Waals surface area (Å²) in [4.78, 5) is 16.3. The number of nitrogens with two attached hydrogens (primary N) is 1. The van der Waals surface area contributed by atoms with Gasteiger partial charge in [-0.25, -0.2) is 4.98 Å². The van der Waals surface area contributed by atoms with E-state index in [-0.39, 0.29) is 6.04 Å². The highest BCUT2D eigenvalue weighted by Gasteiger charge is 2.29. The van der Waals surface area contributed by atoms with Gasteiger partial charge in [0.2, 0.25) is 0 Å². The summed E-state index contributed by atoms with van der Waals surface area (Å²) in [6, 6.07) is -1.02. The van der Waals surface area contributed by atoms with Crippen molar-refractivity contribution in [2.45, 2.75) is 52.3 Å². The number of aryl methyl sites for hydroxylation is 1. The molecule has 7 heteroatoms.